The number of benzene rings is 1. The van der Waals surface area contributed by atoms with Crippen LogP contribution in [-0.4, -0.2) is 24.8 Å². The van der Waals surface area contributed by atoms with Gasteiger partial charge in [0.2, 0.25) is 0 Å². The molecule has 0 atom stereocenters. The van der Waals surface area contributed by atoms with Gasteiger partial charge in [0.25, 0.3) is 0 Å². The zero-order chi connectivity index (χ0) is 14.1. The molecule has 0 aliphatic heterocycles. The summed E-state index contributed by atoms with van der Waals surface area (Å²) < 4.78 is 16.4. The van der Waals surface area contributed by atoms with Crippen molar-refractivity contribution in [2.75, 3.05) is 13.7 Å². The number of methoxy groups -OCH3 is 1. The number of hydrogen-bond donors (Lipinski definition) is 1. The van der Waals surface area contributed by atoms with Crippen LogP contribution in [0, 0.1) is 5.92 Å². The molecule has 0 amide bonds. The Morgan fingerprint density at radius 2 is 2.25 bits per heavy atom. The van der Waals surface area contributed by atoms with Gasteiger partial charge in [0.05, 0.1) is 12.7 Å². The molecule has 1 aromatic heterocycles. The summed E-state index contributed by atoms with van der Waals surface area (Å²) in [6.45, 7) is 1.09. The van der Waals surface area contributed by atoms with Crippen LogP contribution in [0.15, 0.2) is 22.6 Å². The first-order chi connectivity index (χ1) is 9.69. The molecule has 1 aliphatic carbocycles. The minimum Gasteiger partial charge on any atom is -0.493 e. The van der Waals surface area contributed by atoms with Gasteiger partial charge in [-0.15, -0.1) is 0 Å². The van der Waals surface area contributed by atoms with Crippen LogP contribution in [-0.2, 0) is 11.3 Å². The molecule has 1 saturated carbocycles. The van der Waals surface area contributed by atoms with Gasteiger partial charge >= 0.3 is 5.97 Å². The Morgan fingerprint density at radius 3 is 2.90 bits per heavy atom. The highest BCUT2D eigenvalue weighted by molar-refractivity contribution is 6.04. The molecule has 5 heteroatoms. The topological polar surface area (TPSA) is 68.9 Å². The molecule has 0 radical (unpaired) electrons. The summed E-state index contributed by atoms with van der Waals surface area (Å²) >= 11 is 0. The van der Waals surface area contributed by atoms with E-state index in [2.05, 4.69) is 0 Å². The predicted molar refractivity (Wildman–Crippen MR) is 72.1 cm³/mol. The largest absolute Gasteiger partial charge is 0.493 e. The number of carboxylic acid groups (broad SMARTS) is 1. The van der Waals surface area contributed by atoms with Crippen LogP contribution in [0.25, 0.3) is 11.0 Å². The summed E-state index contributed by atoms with van der Waals surface area (Å²) in [5.41, 5.74) is 0.662. The normalized spacial score (nSPS) is 14.7. The summed E-state index contributed by atoms with van der Waals surface area (Å²) in [5.74, 6) is 0.846. The number of ether oxygens (including phenoxy) is 2. The molecule has 3 rings (SSSR count). The van der Waals surface area contributed by atoms with E-state index in [4.69, 9.17) is 13.9 Å². The molecule has 0 unspecified atom stereocenters. The second kappa shape index (κ2) is 5.17. The molecule has 0 bridgehead atoms. The van der Waals surface area contributed by atoms with Crippen molar-refractivity contribution in [1.29, 1.82) is 0 Å². The van der Waals surface area contributed by atoms with E-state index >= 15 is 0 Å². The fourth-order valence-corrected chi connectivity index (χ4v) is 2.18. The lowest BCUT2D eigenvalue weighted by Gasteiger charge is -2.02. The van der Waals surface area contributed by atoms with E-state index in [0.29, 0.717) is 35.0 Å². The Bertz CT molecular complexity index is 639. The average molecular weight is 276 g/mol. The van der Waals surface area contributed by atoms with Crippen LogP contribution in [0.5, 0.6) is 5.75 Å². The van der Waals surface area contributed by atoms with E-state index in [1.165, 1.54) is 26.0 Å². The fourth-order valence-electron chi connectivity index (χ4n) is 2.18. The molecule has 1 heterocycles. The van der Waals surface area contributed by atoms with Gasteiger partial charge in [-0.25, -0.2) is 4.79 Å². The molecule has 1 fully saturated rings. The molecule has 1 aliphatic rings. The smallest absolute Gasteiger partial charge is 0.336 e. The number of fused-ring (bicyclic) bond motifs is 1. The van der Waals surface area contributed by atoms with Gasteiger partial charge < -0.3 is 19.0 Å². The SMILES string of the molecule is COc1ccc(C(=O)O)c2cc(COCC3CC3)oc12. The van der Waals surface area contributed by atoms with E-state index in [1.807, 2.05) is 0 Å². The van der Waals surface area contributed by atoms with E-state index in [1.54, 1.807) is 12.1 Å². The highest BCUT2D eigenvalue weighted by Gasteiger charge is 2.22. The zero-order valence-corrected chi connectivity index (χ0v) is 11.2. The van der Waals surface area contributed by atoms with Crippen LogP contribution < -0.4 is 4.74 Å². The monoisotopic (exact) mass is 276 g/mol. The third-order valence-corrected chi connectivity index (χ3v) is 3.44. The van der Waals surface area contributed by atoms with Crippen molar-refractivity contribution in [3.8, 4) is 5.75 Å². The Hall–Kier alpha value is -2.01. The van der Waals surface area contributed by atoms with E-state index in [-0.39, 0.29) is 5.56 Å². The van der Waals surface area contributed by atoms with Crippen LogP contribution in [0.4, 0.5) is 0 Å². The van der Waals surface area contributed by atoms with Crippen molar-refractivity contribution >= 4 is 16.9 Å². The highest BCUT2D eigenvalue weighted by atomic mass is 16.5. The summed E-state index contributed by atoms with van der Waals surface area (Å²) in [6.07, 6.45) is 2.47. The maximum Gasteiger partial charge on any atom is 0.336 e. The molecular formula is C15H16O5. The van der Waals surface area contributed by atoms with Crippen molar-refractivity contribution in [1.82, 2.24) is 0 Å². The van der Waals surface area contributed by atoms with Gasteiger partial charge in [-0.3, -0.25) is 0 Å². The number of rotatable bonds is 6. The van der Waals surface area contributed by atoms with E-state index < -0.39 is 5.97 Å². The van der Waals surface area contributed by atoms with Crippen molar-refractivity contribution in [2.45, 2.75) is 19.4 Å². The standard InChI is InChI=1S/C15H16O5/c1-18-13-5-4-11(15(16)17)12-6-10(20-14(12)13)8-19-7-9-2-3-9/h4-6,9H,2-3,7-8H2,1H3,(H,16,17). The Kier molecular flexibility index (Phi) is 3.36. The molecule has 0 spiro atoms. The van der Waals surface area contributed by atoms with Crippen molar-refractivity contribution in [2.24, 2.45) is 5.92 Å². The summed E-state index contributed by atoms with van der Waals surface area (Å²) in [4.78, 5) is 11.2. The third-order valence-electron chi connectivity index (χ3n) is 3.44. The summed E-state index contributed by atoms with van der Waals surface area (Å²) in [5, 5.41) is 9.74. The summed E-state index contributed by atoms with van der Waals surface area (Å²) in [7, 11) is 1.53. The molecule has 5 nitrogen and oxygen atoms in total. The number of carboxylic acids is 1. The van der Waals surface area contributed by atoms with E-state index in [0.717, 1.165) is 6.61 Å². The Labute approximate surface area is 116 Å². The van der Waals surface area contributed by atoms with Crippen LogP contribution in [0.3, 0.4) is 0 Å². The van der Waals surface area contributed by atoms with Crippen LogP contribution in [0.1, 0.15) is 29.0 Å². The molecule has 2 aromatic rings. The second-order valence-corrected chi connectivity index (χ2v) is 5.03. The van der Waals surface area contributed by atoms with E-state index in [9.17, 15) is 9.90 Å². The van der Waals surface area contributed by atoms with Gasteiger partial charge in [0.15, 0.2) is 11.3 Å². The molecule has 0 saturated heterocycles. The lowest BCUT2D eigenvalue weighted by atomic mass is 10.1. The molecule has 106 valence electrons. The van der Waals surface area contributed by atoms with Gasteiger partial charge in [-0.05, 0) is 37.0 Å². The van der Waals surface area contributed by atoms with Crippen LogP contribution in [0.2, 0.25) is 0 Å². The predicted octanol–water partition coefficient (Wildman–Crippen LogP) is 3.07. The number of furan rings is 1. The number of aromatic carboxylic acids is 1. The van der Waals surface area contributed by atoms with Gasteiger partial charge in [0.1, 0.15) is 12.4 Å². The quantitative estimate of drug-likeness (QED) is 0.878. The number of hydrogen-bond acceptors (Lipinski definition) is 4. The molecule has 20 heavy (non-hydrogen) atoms. The summed E-state index contributed by atoms with van der Waals surface area (Å²) in [6, 6.07) is 4.84. The first-order valence-corrected chi connectivity index (χ1v) is 6.59. The Balaban J connectivity index is 1.89. The second-order valence-electron chi connectivity index (χ2n) is 5.03. The van der Waals surface area contributed by atoms with Gasteiger partial charge in [-0.1, -0.05) is 0 Å². The zero-order valence-electron chi connectivity index (χ0n) is 11.2. The maximum absolute atomic E-state index is 11.2. The van der Waals surface area contributed by atoms with Crippen molar-refractivity contribution in [3.63, 3.8) is 0 Å². The Morgan fingerprint density at radius 1 is 1.45 bits per heavy atom. The van der Waals surface area contributed by atoms with Gasteiger partial charge in [-0.2, -0.15) is 0 Å². The lowest BCUT2D eigenvalue weighted by molar-refractivity contribution is 0.0699. The van der Waals surface area contributed by atoms with Gasteiger partial charge in [0, 0.05) is 12.0 Å². The molecule has 1 N–H and O–H groups in total. The fraction of sp³-hybridized carbons (Fsp3) is 0.400. The van der Waals surface area contributed by atoms with Crippen molar-refractivity contribution in [3.05, 3.63) is 29.5 Å². The lowest BCUT2D eigenvalue weighted by Crippen LogP contribution is -1.97. The molecule has 1 aromatic carbocycles. The molecular weight excluding hydrogens is 260 g/mol. The first-order valence-electron chi connectivity index (χ1n) is 6.59. The van der Waals surface area contributed by atoms with Crippen molar-refractivity contribution < 1.29 is 23.8 Å². The average Bonchev–Trinajstić information content (AvgIpc) is 3.15. The third kappa shape index (κ3) is 2.49. The first kappa shape index (κ1) is 13.0. The highest BCUT2D eigenvalue weighted by Crippen LogP contribution is 2.33. The number of carbonyl (C=O) groups is 1. The maximum atomic E-state index is 11.2. The van der Waals surface area contributed by atoms with Crippen LogP contribution >= 0.6 is 0 Å². The minimum atomic E-state index is -0.982. The minimum absolute atomic E-state index is 0.206.